The van der Waals surface area contributed by atoms with Gasteiger partial charge in [0.2, 0.25) is 11.7 Å². The largest absolute Gasteiger partial charge is 0.339 e. The van der Waals surface area contributed by atoms with Gasteiger partial charge < -0.3 is 9.42 Å². The number of rotatable bonds is 6. The number of benzene rings is 2. The number of hydrogen-bond donors (Lipinski definition) is 0. The molecule has 0 N–H and O–H groups in total. The van der Waals surface area contributed by atoms with Gasteiger partial charge in [0, 0.05) is 49.8 Å². The fourth-order valence-electron chi connectivity index (χ4n) is 5.02. The molecule has 0 bridgehead atoms. The Morgan fingerprint density at radius 2 is 1.86 bits per heavy atom. The van der Waals surface area contributed by atoms with Crippen molar-refractivity contribution in [3.63, 3.8) is 0 Å². The first-order valence-electron chi connectivity index (χ1n) is 12.5. The predicted octanol–water partition coefficient (Wildman–Crippen LogP) is 4.98. The minimum Gasteiger partial charge on any atom is -0.339 e. The number of piperazine rings is 1. The zero-order valence-corrected chi connectivity index (χ0v) is 20.2. The molecule has 5 rings (SSSR count). The topological polar surface area (TPSA) is 86.3 Å². The zero-order chi connectivity index (χ0) is 24.2. The molecule has 2 fully saturated rings. The summed E-state index contributed by atoms with van der Waals surface area (Å²) in [7, 11) is 0. The Kier molecular flexibility index (Phi) is 6.91. The normalized spacial score (nSPS) is 17.9. The number of nitriles is 1. The van der Waals surface area contributed by atoms with Crippen LogP contribution in [0, 0.1) is 11.3 Å². The van der Waals surface area contributed by atoms with Gasteiger partial charge >= 0.3 is 0 Å². The van der Waals surface area contributed by atoms with Crippen molar-refractivity contribution in [2.45, 2.75) is 51.0 Å². The Morgan fingerprint density at radius 1 is 1.11 bits per heavy atom. The van der Waals surface area contributed by atoms with Gasteiger partial charge in [0.1, 0.15) is 0 Å². The van der Waals surface area contributed by atoms with Crippen molar-refractivity contribution in [3.05, 3.63) is 71.1 Å². The van der Waals surface area contributed by atoms with Crippen LogP contribution in [-0.4, -0.2) is 52.0 Å². The first-order chi connectivity index (χ1) is 17.1. The van der Waals surface area contributed by atoms with Crippen molar-refractivity contribution in [1.82, 2.24) is 19.9 Å². The van der Waals surface area contributed by atoms with E-state index in [4.69, 9.17) is 4.52 Å². The summed E-state index contributed by atoms with van der Waals surface area (Å²) in [6, 6.07) is 18.1. The fraction of sp³-hybridized carbons (Fsp3) is 0.429. The molecule has 1 amide bonds. The standard InChI is InChI=1S/C28H31N5O2/c1-20(18-29)24-7-4-8-25(17-24)28(34)33-15-13-32(14-16-33)19-21-9-11-22(12-10-21)26-30-27(35-31-26)23-5-2-3-6-23/h4,7-12,17,20,23H,2-3,5-6,13-16,19H2,1H3. The van der Waals surface area contributed by atoms with Gasteiger partial charge in [0.25, 0.3) is 5.91 Å². The SMILES string of the molecule is CC(C#N)c1cccc(C(=O)N2CCN(Cc3ccc(-c4noc(C5CCCC5)n4)cc3)CC2)c1. The predicted molar refractivity (Wildman–Crippen MR) is 133 cm³/mol. The molecule has 3 aromatic rings. The van der Waals surface area contributed by atoms with Crippen molar-refractivity contribution < 1.29 is 9.32 Å². The molecule has 2 aliphatic rings. The van der Waals surface area contributed by atoms with E-state index >= 15 is 0 Å². The average molecular weight is 470 g/mol. The Hall–Kier alpha value is -3.50. The monoisotopic (exact) mass is 469 g/mol. The van der Waals surface area contributed by atoms with Crippen LogP contribution in [0.1, 0.15) is 71.8 Å². The third-order valence-electron chi connectivity index (χ3n) is 7.25. The summed E-state index contributed by atoms with van der Waals surface area (Å²) in [5.74, 6) is 1.68. The maximum absolute atomic E-state index is 13.0. The second kappa shape index (κ2) is 10.4. The van der Waals surface area contributed by atoms with Crippen LogP contribution < -0.4 is 0 Å². The molecule has 1 aromatic heterocycles. The Bertz CT molecular complexity index is 1200. The number of nitrogens with zero attached hydrogens (tertiary/aromatic N) is 5. The van der Waals surface area contributed by atoms with Crippen LogP contribution in [0.3, 0.4) is 0 Å². The van der Waals surface area contributed by atoms with Crippen molar-refractivity contribution in [2.24, 2.45) is 0 Å². The summed E-state index contributed by atoms with van der Waals surface area (Å²) >= 11 is 0. The molecule has 1 atom stereocenters. The molecule has 0 radical (unpaired) electrons. The number of carbonyl (C=O) groups excluding carboxylic acids is 1. The molecule has 7 nitrogen and oxygen atoms in total. The van der Waals surface area contributed by atoms with Crippen LogP contribution in [-0.2, 0) is 6.54 Å². The molecule has 35 heavy (non-hydrogen) atoms. The highest BCUT2D eigenvalue weighted by atomic mass is 16.5. The molecule has 180 valence electrons. The number of amides is 1. The smallest absolute Gasteiger partial charge is 0.253 e. The van der Waals surface area contributed by atoms with Crippen LogP contribution in [0.25, 0.3) is 11.4 Å². The Labute approximate surface area is 206 Å². The molecule has 2 aromatic carbocycles. The second-order valence-electron chi connectivity index (χ2n) is 9.68. The lowest BCUT2D eigenvalue weighted by Gasteiger charge is -2.35. The lowest BCUT2D eigenvalue weighted by Crippen LogP contribution is -2.48. The van der Waals surface area contributed by atoms with Gasteiger partial charge in [0.05, 0.1) is 12.0 Å². The highest BCUT2D eigenvalue weighted by molar-refractivity contribution is 5.94. The molecule has 1 unspecified atom stereocenters. The Balaban J connectivity index is 1.14. The summed E-state index contributed by atoms with van der Waals surface area (Å²) in [5, 5.41) is 13.4. The number of hydrogen-bond acceptors (Lipinski definition) is 6. The van der Waals surface area contributed by atoms with E-state index in [1.54, 1.807) is 0 Å². The minimum absolute atomic E-state index is 0.0399. The zero-order valence-electron chi connectivity index (χ0n) is 20.2. The first kappa shape index (κ1) is 23.3. The highest BCUT2D eigenvalue weighted by Gasteiger charge is 2.24. The van der Waals surface area contributed by atoms with Gasteiger partial charge in [-0.25, -0.2) is 0 Å². The van der Waals surface area contributed by atoms with Crippen LogP contribution in [0.5, 0.6) is 0 Å². The summed E-state index contributed by atoms with van der Waals surface area (Å²) < 4.78 is 5.52. The van der Waals surface area contributed by atoms with Crippen LogP contribution in [0.4, 0.5) is 0 Å². The average Bonchev–Trinajstić information content (AvgIpc) is 3.61. The molecule has 1 saturated heterocycles. The van der Waals surface area contributed by atoms with Gasteiger partial charge in [-0.05, 0) is 43.0 Å². The lowest BCUT2D eigenvalue weighted by atomic mass is 10.00. The Morgan fingerprint density at radius 3 is 2.57 bits per heavy atom. The maximum atomic E-state index is 13.0. The number of aromatic nitrogens is 2. The van der Waals surface area contributed by atoms with E-state index in [9.17, 15) is 10.1 Å². The molecule has 1 aliphatic carbocycles. The van der Waals surface area contributed by atoms with Gasteiger partial charge in [-0.2, -0.15) is 10.2 Å². The van der Waals surface area contributed by atoms with E-state index in [1.165, 1.54) is 18.4 Å². The first-order valence-corrected chi connectivity index (χ1v) is 12.5. The molecule has 1 aliphatic heterocycles. The van der Waals surface area contributed by atoms with E-state index in [0.29, 0.717) is 30.4 Å². The summed E-state index contributed by atoms with van der Waals surface area (Å²) in [5.41, 5.74) is 3.75. The molecule has 1 saturated carbocycles. The third-order valence-corrected chi connectivity index (χ3v) is 7.25. The van der Waals surface area contributed by atoms with E-state index in [2.05, 4.69) is 45.4 Å². The third kappa shape index (κ3) is 5.28. The van der Waals surface area contributed by atoms with Crippen molar-refractivity contribution in [2.75, 3.05) is 26.2 Å². The van der Waals surface area contributed by atoms with Crippen LogP contribution >= 0.6 is 0 Å². The summed E-state index contributed by atoms with van der Waals surface area (Å²) in [6.45, 7) is 5.75. The van der Waals surface area contributed by atoms with Gasteiger partial charge in [0.15, 0.2) is 0 Å². The van der Waals surface area contributed by atoms with E-state index in [1.807, 2.05) is 36.1 Å². The number of carbonyl (C=O) groups is 1. The van der Waals surface area contributed by atoms with E-state index in [0.717, 1.165) is 49.5 Å². The summed E-state index contributed by atoms with van der Waals surface area (Å²) in [4.78, 5) is 21.9. The van der Waals surface area contributed by atoms with Crippen LogP contribution in [0.15, 0.2) is 53.1 Å². The fourth-order valence-corrected chi connectivity index (χ4v) is 5.02. The van der Waals surface area contributed by atoms with Crippen LogP contribution in [0.2, 0.25) is 0 Å². The van der Waals surface area contributed by atoms with E-state index in [-0.39, 0.29) is 11.8 Å². The van der Waals surface area contributed by atoms with Crippen molar-refractivity contribution >= 4 is 5.91 Å². The minimum atomic E-state index is -0.222. The lowest BCUT2D eigenvalue weighted by molar-refractivity contribution is 0.0628. The van der Waals surface area contributed by atoms with Crippen molar-refractivity contribution in [3.8, 4) is 17.5 Å². The van der Waals surface area contributed by atoms with Gasteiger partial charge in [-0.3, -0.25) is 9.69 Å². The van der Waals surface area contributed by atoms with Gasteiger partial charge in [-0.15, -0.1) is 0 Å². The maximum Gasteiger partial charge on any atom is 0.253 e. The van der Waals surface area contributed by atoms with E-state index < -0.39 is 0 Å². The quantitative estimate of drug-likeness (QED) is 0.506. The molecule has 2 heterocycles. The molecule has 0 spiro atoms. The summed E-state index contributed by atoms with van der Waals surface area (Å²) in [6.07, 6.45) is 4.78. The highest BCUT2D eigenvalue weighted by Crippen LogP contribution is 2.34. The molecular formula is C28H31N5O2. The molecular weight excluding hydrogens is 438 g/mol. The van der Waals surface area contributed by atoms with Gasteiger partial charge in [-0.1, -0.05) is 54.4 Å². The molecule has 7 heteroatoms. The second-order valence-corrected chi connectivity index (χ2v) is 9.68. The van der Waals surface area contributed by atoms with Crippen molar-refractivity contribution in [1.29, 1.82) is 5.26 Å².